The molecule has 0 bridgehead atoms. The van der Waals surface area contributed by atoms with Gasteiger partial charge in [-0.15, -0.1) is 0 Å². The Bertz CT molecular complexity index is 569. The van der Waals surface area contributed by atoms with Crippen LogP contribution in [-0.4, -0.2) is 18.0 Å². The summed E-state index contributed by atoms with van der Waals surface area (Å²) in [7, 11) is -1.11. The van der Waals surface area contributed by atoms with Crippen LogP contribution in [0.4, 0.5) is 0 Å². The van der Waals surface area contributed by atoms with E-state index in [9.17, 15) is 4.79 Å². The highest BCUT2D eigenvalue weighted by molar-refractivity contribution is 6.75. The molecule has 0 aliphatic heterocycles. The van der Waals surface area contributed by atoms with Crippen molar-refractivity contribution in [3.63, 3.8) is 0 Å². The van der Waals surface area contributed by atoms with Crippen LogP contribution in [0.15, 0.2) is 29.2 Å². The molecule has 0 saturated carbocycles. The van der Waals surface area contributed by atoms with E-state index in [0.717, 1.165) is 11.4 Å². The van der Waals surface area contributed by atoms with Gasteiger partial charge in [-0.3, -0.25) is 4.79 Å². The van der Waals surface area contributed by atoms with Crippen molar-refractivity contribution >= 4 is 19.1 Å². The van der Waals surface area contributed by atoms with Gasteiger partial charge in [0.05, 0.1) is 0 Å². The molecule has 3 nitrogen and oxygen atoms in total. The van der Waals surface area contributed by atoms with Crippen molar-refractivity contribution in [2.75, 3.05) is 0 Å². The molecule has 0 atom stereocenters. The second kappa shape index (κ2) is 3.86. The van der Waals surface area contributed by atoms with Crippen molar-refractivity contribution < 1.29 is 0 Å². The zero-order chi connectivity index (χ0) is 11.8. The molecule has 84 valence electrons. The SMILES string of the molecule is C[Si](C)(C)Cc1cnc2[nH]c(=O)ccc2c1. The van der Waals surface area contributed by atoms with Crippen molar-refractivity contribution in [1.29, 1.82) is 0 Å². The Balaban J connectivity index is 2.45. The minimum Gasteiger partial charge on any atom is -0.307 e. The summed E-state index contributed by atoms with van der Waals surface area (Å²) < 4.78 is 0. The first kappa shape index (κ1) is 11.1. The highest BCUT2D eigenvalue weighted by Gasteiger charge is 2.14. The summed E-state index contributed by atoms with van der Waals surface area (Å²) in [6, 6.07) is 6.61. The monoisotopic (exact) mass is 232 g/mol. The Morgan fingerprint density at radius 2 is 2.06 bits per heavy atom. The van der Waals surface area contributed by atoms with E-state index in [1.807, 2.05) is 12.3 Å². The first-order valence-corrected chi connectivity index (χ1v) is 9.13. The molecule has 2 heterocycles. The maximum atomic E-state index is 11.1. The molecule has 0 aliphatic carbocycles. The van der Waals surface area contributed by atoms with E-state index < -0.39 is 8.07 Å². The van der Waals surface area contributed by atoms with Gasteiger partial charge in [0.15, 0.2) is 0 Å². The summed E-state index contributed by atoms with van der Waals surface area (Å²) in [6.45, 7) is 7.01. The van der Waals surface area contributed by atoms with E-state index in [0.29, 0.717) is 5.65 Å². The number of aromatic amines is 1. The van der Waals surface area contributed by atoms with Crippen LogP contribution in [0.3, 0.4) is 0 Å². The predicted molar refractivity (Wildman–Crippen MR) is 69.4 cm³/mol. The van der Waals surface area contributed by atoms with Gasteiger partial charge in [0.25, 0.3) is 0 Å². The lowest BCUT2D eigenvalue weighted by Crippen LogP contribution is -2.23. The predicted octanol–water partition coefficient (Wildman–Crippen LogP) is 2.34. The molecule has 0 spiro atoms. The van der Waals surface area contributed by atoms with Crippen molar-refractivity contribution in [2.24, 2.45) is 0 Å². The summed E-state index contributed by atoms with van der Waals surface area (Å²) in [5.74, 6) is 0. The van der Waals surface area contributed by atoms with E-state index in [2.05, 4.69) is 35.7 Å². The minimum absolute atomic E-state index is 0.0991. The number of aromatic nitrogens is 2. The fourth-order valence-corrected chi connectivity index (χ4v) is 3.21. The molecule has 16 heavy (non-hydrogen) atoms. The molecule has 0 amide bonds. The topological polar surface area (TPSA) is 45.8 Å². The van der Waals surface area contributed by atoms with Crippen LogP contribution in [0, 0.1) is 0 Å². The van der Waals surface area contributed by atoms with Crippen molar-refractivity contribution in [2.45, 2.75) is 25.7 Å². The minimum atomic E-state index is -1.11. The van der Waals surface area contributed by atoms with Gasteiger partial charge in [-0.05, 0) is 23.7 Å². The number of fused-ring (bicyclic) bond motifs is 1. The highest BCUT2D eigenvalue weighted by Crippen LogP contribution is 2.14. The van der Waals surface area contributed by atoms with E-state index in [1.165, 1.54) is 5.56 Å². The third-order valence-corrected chi connectivity index (χ3v) is 3.83. The lowest BCUT2D eigenvalue weighted by molar-refractivity contribution is 1.19. The van der Waals surface area contributed by atoms with Crippen LogP contribution in [0.1, 0.15) is 5.56 Å². The Labute approximate surface area is 95.6 Å². The van der Waals surface area contributed by atoms with Crippen LogP contribution in [-0.2, 0) is 6.04 Å². The molecule has 4 heteroatoms. The average molecular weight is 232 g/mol. The Morgan fingerprint density at radius 3 is 2.75 bits per heavy atom. The number of nitrogens with zero attached hydrogens (tertiary/aromatic N) is 1. The van der Waals surface area contributed by atoms with Gasteiger partial charge in [0.2, 0.25) is 5.56 Å². The zero-order valence-electron chi connectivity index (χ0n) is 9.87. The van der Waals surface area contributed by atoms with Crippen LogP contribution < -0.4 is 5.56 Å². The van der Waals surface area contributed by atoms with E-state index in [-0.39, 0.29) is 5.56 Å². The first-order valence-electron chi connectivity index (χ1n) is 5.42. The fraction of sp³-hybridized carbons (Fsp3) is 0.333. The number of hydrogen-bond acceptors (Lipinski definition) is 2. The molecule has 0 saturated heterocycles. The normalized spacial score (nSPS) is 11.9. The first-order chi connectivity index (χ1) is 7.44. The van der Waals surface area contributed by atoms with Gasteiger partial charge in [0, 0.05) is 25.7 Å². The fourth-order valence-electron chi connectivity index (χ4n) is 1.79. The number of H-pyrrole nitrogens is 1. The smallest absolute Gasteiger partial charge is 0.249 e. The van der Waals surface area contributed by atoms with E-state index >= 15 is 0 Å². The van der Waals surface area contributed by atoms with Crippen LogP contribution in [0.2, 0.25) is 19.6 Å². The van der Waals surface area contributed by atoms with Gasteiger partial charge in [-0.1, -0.05) is 19.6 Å². The number of rotatable bonds is 2. The largest absolute Gasteiger partial charge is 0.307 e. The molecule has 0 radical (unpaired) electrons. The van der Waals surface area contributed by atoms with Gasteiger partial charge >= 0.3 is 0 Å². The molecular weight excluding hydrogens is 216 g/mol. The van der Waals surface area contributed by atoms with Gasteiger partial charge in [-0.2, -0.15) is 0 Å². The molecule has 2 rings (SSSR count). The quantitative estimate of drug-likeness (QED) is 0.808. The van der Waals surface area contributed by atoms with E-state index in [4.69, 9.17) is 0 Å². The Morgan fingerprint density at radius 1 is 1.31 bits per heavy atom. The lowest BCUT2D eigenvalue weighted by atomic mass is 10.2. The average Bonchev–Trinajstić information content (AvgIpc) is 2.16. The molecular formula is C12H16N2OSi. The van der Waals surface area contributed by atoms with E-state index in [1.54, 1.807) is 6.07 Å². The van der Waals surface area contributed by atoms with Crippen LogP contribution >= 0.6 is 0 Å². The summed E-state index contributed by atoms with van der Waals surface area (Å²) in [4.78, 5) is 18.1. The molecule has 1 N–H and O–H groups in total. The maximum Gasteiger partial charge on any atom is 0.249 e. The third-order valence-electron chi connectivity index (χ3n) is 2.36. The zero-order valence-corrected chi connectivity index (χ0v) is 10.9. The lowest BCUT2D eigenvalue weighted by Gasteiger charge is -2.15. The van der Waals surface area contributed by atoms with Crippen LogP contribution in [0.5, 0.6) is 0 Å². The Hall–Kier alpha value is -1.42. The summed E-state index contributed by atoms with van der Waals surface area (Å²) in [6.07, 6.45) is 1.87. The van der Waals surface area contributed by atoms with Crippen molar-refractivity contribution in [1.82, 2.24) is 9.97 Å². The summed E-state index contributed by atoms with van der Waals surface area (Å²) in [5, 5.41) is 1.01. The molecule has 2 aromatic heterocycles. The van der Waals surface area contributed by atoms with Crippen molar-refractivity contribution in [3.8, 4) is 0 Å². The van der Waals surface area contributed by atoms with Gasteiger partial charge in [0.1, 0.15) is 5.65 Å². The summed E-state index contributed by atoms with van der Waals surface area (Å²) >= 11 is 0. The van der Waals surface area contributed by atoms with Crippen molar-refractivity contribution in [3.05, 3.63) is 40.3 Å². The maximum absolute atomic E-state index is 11.1. The standard InChI is InChI=1S/C12H16N2OSi/c1-16(2,3)8-9-6-10-4-5-11(15)14-12(10)13-7-9/h4-7H,8H2,1-3H3,(H,13,14,15). The Kier molecular flexibility index (Phi) is 2.67. The summed E-state index contributed by atoms with van der Waals surface area (Å²) in [5.41, 5.74) is 1.84. The number of hydrogen-bond donors (Lipinski definition) is 1. The van der Waals surface area contributed by atoms with Gasteiger partial charge in [-0.25, -0.2) is 4.98 Å². The third kappa shape index (κ3) is 2.58. The molecule has 0 fully saturated rings. The molecule has 0 unspecified atom stereocenters. The van der Waals surface area contributed by atoms with Gasteiger partial charge < -0.3 is 4.98 Å². The van der Waals surface area contributed by atoms with Crippen LogP contribution in [0.25, 0.3) is 11.0 Å². The highest BCUT2D eigenvalue weighted by atomic mass is 28.3. The molecule has 0 aromatic carbocycles. The molecule has 2 aromatic rings. The second-order valence-corrected chi connectivity index (χ2v) is 10.8. The number of pyridine rings is 2. The second-order valence-electron chi connectivity index (χ2n) is 5.34. The number of nitrogens with one attached hydrogen (secondary N) is 1. The molecule has 0 aliphatic rings.